The van der Waals surface area contributed by atoms with Gasteiger partial charge >= 0.3 is 0 Å². The number of hydrogen-bond acceptors (Lipinski definition) is 4. The molecule has 2 N–H and O–H groups in total. The first-order valence-corrected chi connectivity index (χ1v) is 7.89. The van der Waals surface area contributed by atoms with Crippen molar-refractivity contribution in [2.75, 3.05) is 26.4 Å². The fourth-order valence-corrected chi connectivity index (χ4v) is 2.09. The minimum atomic E-state index is -0.593. The number of para-hydroxylation sites is 1. The Morgan fingerprint density at radius 1 is 1.19 bits per heavy atom. The Labute approximate surface area is 128 Å². The van der Waals surface area contributed by atoms with Crippen LogP contribution in [0.3, 0.4) is 0 Å². The minimum absolute atomic E-state index is 0.226. The third-order valence-electron chi connectivity index (χ3n) is 3.28. The van der Waals surface area contributed by atoms with E-state index in [9.17, 15) is 5.11 Å². The lowest BCUT2D eigenvalue weighted by atomic mass is 10.1. The summed E-state index contributed by atoms with van der Waals surface area (Å²) in [5, 5.41) is 13.2. The molecule has 0 heterocycles. The van der Waals surface area contributed by atoms with Gasteiger partial charge in [0.15, 0.2) is 0 Å². The molecule has 0 bridgehead atoms. The maximum Gasteiger partial charge on any atom is 0.124 e. The van der Waals surface area contributed by atoms with Crippen LogP contribution < -0.4 is 10.1 Å². The summed E-state index contributed by atoms with van der Waals surface area (Å²) in [5.74, 6) is 0.818. The standard InChI is InChI=1S/C17H29NO3/c1-4-6-11-20-12-15(19)13-21-17-10-8-7-9-16(17)14(3)18-5-2/h7-10,14-15,18-19H,4-6,11-13H2,1-3H3. The molecule has 0 radical (unpaired) electrons. The van der Waals surface area contributed by atoms with Gasteiger partial charge in [0.25, 0.3) is 0 Å². The van der Waals surface area contributed by atoms with Crippen molar-refractivity contribution in [3.8, 4) is 5.75 Å². The third-order valence-corrected chi connectivity index (χ3v) is 3.28. The Morgan fingerprint density at radius 2 is 1.95 bits per heavy atom. The van der Waals surface area contributed by atoms with Crippen molar-refractivity contribution in [2.45, 2.75) is 45.8 Å². The number of aliphatic hydroxyl groups is 1. The first-order valence-electron chi connectivity index (χ1n) is 7.89. The van der Waals surface area contributed by atoms with Gasteiger partial charge < -0.3 is 19.9 Å². The summed E-state index contributed by atoms with van der Waals surface area (Å²) in [6.45, 7) is 8.48. The molecule has 0 aliphatic rings. The van der Waals surface area contributed by atoms with Crippen LogP contribution in [0.25, 0.3) is 0 Å². The van der Waals surface area contributed by atoms with Crippen molar-refractivity contribution < 1.29 is 14.6 Å². The number of nitrogens with one attached hydrogen (secondary N) is 1. The lowest BCUT2D eigenvalue weighted by molar-refractivity contribution is 0.0110. The molecule has 21 heavy (non-hydrogen) atoms. The second-order valence-corrected chi connectivity index (χ2v) is 5.21. The van der Waals surface area contributed by atoms with Gasteiger partial charge in [-0.15, -0.1) is 0 Å². The predicted molar refractivity (Wildman–Crippen MR) is 85.8 cm³/mol. The Balaban J connectivity index is 2.43. The van der Waals surface area contributed by atoms with E-state index < -0.39 is 6.10 Å². The number of aliphatic hydroxyl groups excluding tert-OH is 1. The number of rotatable bonds is 11. The zero-order valence-electron chi connectivity index (χ0n) is 13.5. The summed E-state index contributed by atoms with van der Waals surface area (Å²) in [6, 6.07) is 8.16. The molecule has 0 saturated heterocycles. The average Bonchev–Trinajstić information content (AvgIpc) is 2.50. The Hall–Kier alpha value is -1.10. The molecule has 1 aromatic carbocycles. The lowest BCUT2D eigenvalue weighted by Crippen LogP contribution is -2.25. The predicted octanol–water partition coefficient (Wildman–Crippen LogP) is 2.91. The van der Waals surface area contributed by atoms with Gasteiger partial charge in [-0.25, -0.2) is 0 Å². The van der Waals surface area contributed by atoms with Gasteiger partial charge in [-0.05, 0) is 26.0 Å². The Bertz CT molecular complexity index is 384. The maximum atomic E-state index is 9.88. The molecule has 4 heteroatoms. The first-order chi connectivity index (χ1) is 10.2. The highest BCUT2D eigenvalue weighted by molar-refractivity contribution is 5.35. The highest BCUT2D eigenvalue weighted by Gasteiger charge is 2.12. The zero-order chi connectivity index (χ0) is 15.5. The quantitative estimate of drug-likeness (QED) is 0.616. The normalized spacial score (nSPS) is 13.9. The smallest absolute Gasteiger partial charge is 0.124 e. The van der Waals surface area contributed by atoms with E-state index in [1.165, 1.54) is 0 Å². The van der Waals surface area contributed by atoms with E-state index in [1.807, 2.05) is 24.3 Å². The lowest BCUT2D eigenvalue weighted by Gasteiger charge is -2.19. The van der Waals surface area contributed by atoms with Crippen molar-refractivity contribution in [1.29, 1.82) is 0 Å². The van der Waals surface area contributed by atoms with E-state index in [4.69, 9.17) is 9.47 Å². The summed E-state index contributed by atoms with van der Waals surface area (Å²) >= 11 is 0. The molecular formula is C17H29NO3. The van der Waals surface area contributed by atoms with Crippen molar-refractivity contribution in [3.05, 3.63) is 29.8 Å². The number of ether oxygens (including phenoxy) is 2. The van der Waals surface area contributed by atoms with E-state index in [-0.39, 0.29) is 12.6 Å². The first kappa shape index (κ1) is 18.0. The largest absolute Gasteiger partial charge is 0.490 e. The fourth-order valence-electron chi connectivity index (χ4n) is 2.09. The van der Waals surface area contributed by atoms with Crippen molar-refractivity contribution in [3.63, 3.8) is 0 Å². The molecule has 1 aromatic rings. The molecule has 2 unspecified atom stereocenters. The molecule has 0 fully saturated rings. The van der Waals surface area contributed by atoms with Crippen LogP contribution >= 0.6 is 0 Å². The maximum absolute atomic E-state index is 9.88. The molecule has 0 saturated carbocycles. The SMILES string of the molecule is CCCCOCC(O)COc1ccccc1C(C)NCC. The summed E-state index contributed by atoms with van der Waals surface area (Å²) in [5.41, 5.74) is 1.11. The van der Waals surface area contributed by atoms with Gasteiger partial charge in [0, 0.05) is 18.2 Å². The van der Waals surface area contributed by atoms with Gasteiger partial charge in [0.2, 0.25) is 0 Å². The molecule has 0 aromatic heterocycles. The van der Waals surface area contributed by atoms with E-state index in [0.717, 1.165) is 30.7 Å². The van der Waals surface area contributed by atoms with Crippen LogP contribution in [0.5, 0.6) is 5.75 Å². The van der Waals surface area contributed by atoms with Gasteiger partial charge in [-0.2, -0.15) is 0 Å². The third kappa shape index (κ3) is 6.93. The molecule has 120 valence electrons. The molecule has 2 atom stereocenters. The molecule has 0 amide bonds. The van der Waals surface area contributed by atoms with Crippen LogP contribution in [0.1, 0.15) is 45.2 Å². The monoisotopic (exact) mass is 295 g/mol. The second kappa shape index (κ2) is 10.6. The van der Waals surface area contributed by atoms with E-state index >= 15 is 0 Å². The van der Waals surface area contributed by atoms with Crippen LogP contribution in [0, 0.1) is 0 Å². The van der Waals surface area contributed by atoms with Crippen LogP contribution in [0.15, 0.2) is 24.3 Å². The number of unbranched alkanes of at least 4 members (excludes halogenated alkanes) is 1. The van der Waals surface area contributed by atoms with Crippen LogP contribution in [-0.4, -0.2) is 37.6 Å². The van der Waals surface area contributed by atoms with Crippen LogP contribution in [0.4, 0.5) is 0 Å². The molecule has 0 aliphatic carbocycles. The second-order valence-electron chi connectivity index (χ2n) is 5.21. The van der Waals surface area contributed by atoms with Crippen LogP contribution in [-0.2, 0) is 4.74 Å². The zero-order valence-corrected chi connectivity index (χ0v) is 13.5. The van der Waals surface area contributed by atoms with Gasteiger partial charge in [0.1, 0.15) is 18.5 Å². The van der Waals surface area contributed by atoms with Crippen molar-refractivity contribution >= 4 is 0 Å². The van der Waals surface area contributed by atoms with Gasteiger partial charge in [-0.1, -0.05) is 38.5 Å². The van der Waals surface area contributed by atoms with Gasteiger partial charge in [0.05, 0.1) is 6.61 Å². The summed E-state index contributed by atoms with van der Waals surface area (Å²) in [4.78, 5) is 0. The number of benzene rings is 1. The molecule has 0 aliphatic heterocycles. The molecule has 0 spiro atoms. The molecule has 4 nitrogen and oxygen atoms in total. The van der Waals surface area contributed by atoms with Crippen molar-refractivity contribution in [2.24, 2.45) is 0 Å². The summed E-state index contributed by atoms with van der Waals surface area (Å²) in [6.07, 6.45) is 1.53. The highest BCUT2D eigenvalue weighted by atomic mass is 16.5. The Morgan fingerprint density at radius 3 is 2.67 bits per heavy atom. The van der Waals surface area contributed by atoms with E-state index in [2.05, 4.69) is 26.1 Å². The summed E-state index contributed by atoms with van der Waals surface area (Å²) in [7, 11) is 0. The minimum Gasteiger partial charge on any atom is -0.490 e. The molecule has 1 rings (SSSR count). The van der Waals surface area contributed by atoms with Crippen LogP contribution in [0.2, 0.25) is 0 Å². The van der Waals surface area contributed by atoms with E-state index in [0.29, 0.717) is 13.2 Å². The van der Waals surface area contributed by atoms with E-state index in [1.54, 1.807) is 0 Å². The topological polar surface area (TPSA) is 50.7 Å². The van der Waals surface area contributed by atoms with Gasteiger partial charge in [-0.3, -0.25) is 0 Å². The fraction of sp³-hybridized carbons (Fsp3) is 0.647. The Kier molecular flexibility index (Phi) is 9.06. The number of hydrogen-bond donors (Lipinski definition) is 2. The highest BCUT2D eigenvalue weighted by Crippen LogP contribution is 2.24. The van der Waals surface area contributed by atoms with Crippen molar-refractivity contribution in [1.82, 2.24) is 5.32 Å². The molecular weight excluding hydrogens is 266 g/mol. The summed E-state index contributed by atoms with van der Waals surface area (Å²) < 4.78 is 11.2. The average molecular weight is 295 g/mol.